The fraction of sp³-hybridized carbons (Fsp3) is 0.364. The predicted molar refractivity (Wildman–Crippen MR) is 53.8 cm³/mol. The van der Waals surface area contributed by atoms with Gasteiger partial charge in [0.25, 0.3) is 0 Å². The van der Waals surface area contributed by atoms with Gasteiger partial charge in [-0.2, -0.15) is 0 Å². The molecule has 13 heavy (non-hydrogen) atoms. The van der Waals surface area contributed by atoms with Crippen LogP contribution in [0.4, 0.5) is 0 Å². The summed E-state index contributed by atoms with van der Waals surface area (Å²) in [6.45, 7) is 2.67. The highest BCUT2D eigenvalue weighted by molar-refractivity contribution is 5.84. The van der Waals surface area contributed by atoms with Crippen LogP contribution in [0, 0.1) is 5.92 Å². The molecule has 3 aliphatic rings. The molecule has 3 rings (SSSR count). The van der Waals surface area contributed by atoms with Crippen LogP contribution in [0.1, 0.15) is 6.92 Å². The summed E-state index contributed by atoms with van der Waals surface area (Å²) in [4.78, 5) is 4.46. The second-order valence-corrected chi connectivity index (χ2v) is 3.07. The molecule has 2 atom stereocenters. The highest BCUT2D eigenvalue weighted by Gasteiger charge is 2.18. The first-order valence-corrected chi connectivity index (χ1v) is 4.64. The number of allylic oxidation sites excluding steroid dienone is 2. The van der Waals surface area contributed by atoms with E-state index in [1.165, 1.54) is 0 Å². The Labute approximate surface area is 78.3 Å². The van der Waals surface area contributed by atoms with Crippen molar-refractivity contribution in [2.24, 2.45) is 10.9 Å². The Bertz CT molecular complexity index is 299. The minimum absolute atomic E-state index is 0.169. The lowest BCUT2D eigenvalue weighted by Crippen LogP contribution is -2.21. The molecule has 1 aliphatic carbocycles. The maximum atomic E-state index is 5.47. The molecule has 2 unspecified atom stereocenters. The van der Waals surface area contributed by atoms with E-state index in [2.05, 4.69) is 35.4 Å². The molecule has 2 bridgehead atoms. The van der Waals surface area contributed by atoms with Crippen LogP contribution in [-0.2, 0) is 4.74 Å². The van der Waals surface area contributed by atoms with Gasteiger partial charge in [-0.05, 0) is 6.92 Å². The summed E-state index contributed by atoms with van der Waals surface area (Å²) < 4.78 is 5.47. The SMILES string of the molecule is CCOC1=NC2C=CC1/C=C\C=C/2. The Morgan fingerprint density at radius 3 is 2.92 bits per heavy atom. The van der Waals surface area contributed by atoms with Crippen molar-refractivity contribution in [1.29, 1.82) is 0 Å². The molecule has 2 heterocycles. The average Bonchev–Trinajstić information content (AvgIpc) is 2.08. The van der Waals surface area contributed by atoms with Gasteiger partial charge >= 0.3 is 0 Å². The van der Waals surface area contributed by atoms with E-state index < -0.39 is 0 Å². The molecule has 0 radical (unpaired) electrons. The fourth-order valence-corrected chi connectivity index (χ4v) is 1.49. The van der Waals surface area contributed by atoms with Crippen molar-refractivity contribution < 1.29 is 4.74 Å². The molecule has 0 spiro atoms. The Kier molecular flexibility index (Phi) is 2.30. The zero-order valence-electron chi connectivity index (χ0n) is 7.68. The van der Waals surface area contributed by atoms with E-state index in [1.54, 1.807) is 0 Å². The summed E-state index contributed by atoms with van der Waals surface area (Å²) in [5.41, 5.74) is 0. The van der Waals surface area contributed by atoms with Gasteiger partial charge in [-0.1, -0.05) is 36.5 Å². The molecule has 0 aromatic carbocycles. The maximum Gasteiger partial charge on any atom is 0.195 e. The summed E-state index contributed by atoms with van der Waals surface area (Å²) in [5, 5.41) is 0. The highest BCUT2D eigenvalue weighted by Crippen LogP contribution is 2.17. The Morgan fingerprint density at radius 1 is 1.23 bits per heavy atom. The first-order valence-electron chi connectivity index (χ1n) is 4.64. The third-order valence-electron chi connectivity index (χ3n) is 2.11. The van der Waals surface area contributed by atoms with Gasteiger partial charge in [0.05, 0.1) is 18.6 Å². The molecule has 0 aromatic rings. The molecule has 0 saturated heterocycles. The summed E-state index contributed by atoms with van der Waals surface area (Å²) in [5.74, 6) is 1.08. The van der Waals surface area contributed by atoms with E-state index in [9.17, 15) is 0 Å². The van der Waals surface area contributed by atoms with E-state index in [0.29, 0.717) is 6.61 Å². The van der Waals surface area contributed by atoms with Crippen molar-refractivity contribution in [2.45, 2.75) is 13.0 Å². The Hall–Kier alpha value is -1.31. The fourth-order valence-electron chi connectivity index (χ4n) is 1.49. The van der Waals surface area contributed by atoms with Crippen molar-refractivity contribution in [3.8, 4) is 0 Å². The minimum atomic E-state index is 0.169. The standard InChI is InChI=1S/C11H13NO/c1-2-13-11-9-5-3-4-6-10(12-11)8-7-9/h3-10H,2H2,1H3/b5-3-,6-4-. The van der Waals surface area contributed by atoms with Gasteiger partial charge in [-0.15, -0.1) is 0 Å². The predicted octanol–water partition coefficient (Wildman–Crippen LogP) is 2.10. The molecule has 0 N–H and O–H groups in total. The summed E-state index contributed by atoms with van der Waals surface area (Å²) in [7, 11) is 0. The van der Waals surface area contributed by atoms with E-state index in [0.717, 1.165) is 5.90 Å². The van der Waals surface area contributed by atoms with E-state index in [1.807, 2.05) is 13.0 Å². The monoisotopic (exact) mass is 175 g/mol. The summed E-state index contributed by atoms with van der Waals surface area (Å²) in [6.07, 6.45) is 12.5. The van der Waals surface area contributed by atoms with Gasteiger partial charge in [-0.25, -0.2) is 4.99 Å². The van der Waals surface area contributed by atoms with Crippen molar-refractivity contribution in [3.05, 3.63) is 36.5 Å². The number of dihydropyridines is 1. The van der Waals surface area contributed by atoms with Crippen LogP contribution in [-0.4, -0.2) is 18.5 Å². The number of hydrogen-bond donors (Lipinski definition) is 0. The number of aliphatic imine (C=N–C) groups is 1. The van der Waals surface area contributed by atoms with Crippen molar-refractivity contribution >= 4 is 5.90 Å². The molecule has 68 valence electrons. The van der Waals surface area contributed by atoms with Crippen LogP contribution >= 0.6 is 0 Å². The molecule has 2 nitrogen and oxygen atoms in total. The van der Waals surface area contributed by atoms with E-state index in [4.69, 9.17) is 4.74 Å². The first-order chi connectivity index (χ1) is 6.40. The van der Waals surface area contributed by atoms with Crippen molar-refractivity contribution in [3.63, 3.8) is 0 Å². The largest absolute Gasteiger partial charge is 0.481 e. The van der Waals surface area contributed by atoms with E-state index in [-0.39, 0.29) is 12.0 Å². The molecule has 0 fully saturated rings. The van der Waals surface area contributed by atoms with Crippen molar-refractivity contribution in [2.75, 3.05) is 6.61 Å². The summed E-state index contributed by atoms with van der Waals surface area (Å²) >= 11 is 0. The quantitative estimate of drug-likeness (QED) is 0.559. The van der Waals surface area contributed by atoms with Crippen LogP contribution in [0.3, 0.4) is 0 Å². The van der Waals surface area contributed by atoms with Gasteiger partial charge in [0.2, 0.25) is 0 Å². The molecule has 2 heteroatoms. The van der Waals surface area contributed by atoms with Gasteiger partial charge in [0, 0.05) is 0 Å². The van der Waals surface area contributed by atoms with Crippen LogP contribution in [0.5, 0.6) is 0 Å². The van der Waals surface area contributed by atoms with Crippen LogP contribution in [0.25, 0.3) is 0 Å². The molecular weight excluding hydrogens is 162 g/mol. The minimum Gasteiger partial charge on any atom is -0.481 e. The zero-order valence-corrected chi connectivity index (χ0v) is 7.68. The second kappa shape index (κ2) is 3.60. The first kappa shape index (κ1) is 8.30. The Morgan fingerprint density at radius 2 is 2.08 bits per heavy atom. The van der Waals surface area contributed by atoms with E-state index >= 15 is 0 Å². The molecule has 2 aliphatic heterocycles. The third kappa shape index (κ3) is 1.72. The molecular formula is C11H13NO. The topological polar surface area (TPSA) is 21.6 Å². The smallest absolute Gasteiger partial charge is 0.195 e. The van der Waals surface area contributed by atoms with Gasteiger partial charge in [-0.3, -0.25) is 0 Å². The number of ether oxygens (including phenoxy) is 1. The second-order valence-electron chi connectivity index (χ2n) is 3.07. The number of hydrogen-bond acceptors (Lipinski definition) is 2. The lowest BCUT2D eigenvalue weighted by molar-refractivity contribution is 0.310. The maximum absolute atomic E-state index is 5.47. The number of nitrogens with zero attached hydrogens (tertiary/aromatic N) is 1. The molecule has 0 aromatic heterocycles. The molecule has 0 amide bonds. The number of fused-ring (bicyclic) bond motifs is 1. The average molecular weight is 175 g/mol. The molecule has 0 saturated carbocycles. The van der Waals surface area contributed by atoms with Gasteiger partial charge < -0.3 is 4.74 Å². The van der Waals surface area contributed by atoms with Crippen LogP contribution < -0.4 is 0 Å². The highest BCUT2D eigenvalue weighted by atomic mass is 16.5. The zero-order chi connectivity index (χ0) is 9.10. The van der Waals surface area contributed by atoms with Gasteiger partial charge in [0.1, 0.15) is 0 Å². The lowest BCUT2D eigenvalue weighted by atomic mass is 10.0. The van der Waals surface area contributed by atoms with Crippen LogP contribution in [0.15, 0.2) is 41.4 Å². The normalized spacial score (nSPS) is 34.7. The summed E-state index contributed by atoms with van der Waals surface area (Å²) in [6, 6.07) is 0.169. The van der Waals surface area contributed by atoms with Crippen molar-refractivity contribution in [1.82, 2.24) is 0 Å². The lowest BCUT2D eigenvalue weighted by Gasteiger charge is -2.20. The van der Waals surface area contributed by atoms with Crippen LogP contribution in [0.2, 0.25) is 0 Å². The van der Waals surface area contributed by atoms with Gasteiger partial charge in [0.15, 0.2) is 5.90 Å². The number of rotatable bonds is 1. The third-order valence-corrected chi connectivity index (χ3v) is 2.11. The Balaban J connectivity index is 2.26.